The Bertz CT molecular complexity index is 1210. The number of allylic oxidation sites excluding steroid dienone is 1. The highest BCUT2D eigenvalue weighted by atomic mass is 32.2. The minimum atomic E-state index is -0.326. The van der Waals surface area contributed by atoms with Crippen molar-refractivity contribution in [2.75, 3.05) is 26.2 Å². The zero-order valence-corrected chi connectivity index (χ0v) is 21.0. The molecule has 1 saturated heterocycles. The molecule has 1 fully saturated rings. The van der Waals surface area contributed by atoms with E-state index in [-0.39, 0.29) is 16.7 Å². The first kappa shape index (κ1) is 23.7. The van der Waals surface area contributed by atoms with Crippen molar-refractivity contribution in [3.05, 3.63) is 69.3 Å². The Kier molecular flexibility index (Phi) is 7.36. The van der Waals surface area contributed by atoms with Crippen LogP contribution in [0, 0.1) is 13.8 Å². The molecule has 4 rings (SSSR count). The first-order chi connectivity index (χ1) is 15.9. The third-order valence-corrected chi connectivity index (χ3v) is 8.31. The number of hydrogen-bond acceptors (Lipinski definition) is 6. The molecule has 1 atom stereocenters. The Morgan fingerprint density at radius 2 is 1.91 bits per heavy atom. The smallest absolute Gasteiger partial charge is 0.263 e. The molecule has 0 radical (unpaired) electrons. The predicted octanol–water partition coefficient (Wildman–Crippen LogP) is 4.09. The van der Waals surface area contributed by atoms with E-state index in [9.17, 15) is 9.59 Å². The number of benzene rings is 1. The molecule has 6 nitrogen and oxygen atoms in total. The topological polar surface area (TPSA) is 58.4 Å². The molecule has 0 bridgehead atoms. The maximum atomic E-state index is 13.2. The summed E-state index contributed by atoms with van der Waals surface area (Å²) in [6.07, 6.45) is 1.70. The highest BCUT2D eigenvalue weighted by molar-refractivity contribution is 8.00. The molecule has 33 heavy (non-hydrogen) atoms. The van der Waals surface area contributed by atoms with Gasteiger partial charge in [0.05, 0.1) is 10.6 Å². The second-order valence-electron chi connectivity index (χ2n) is 8.41. The van der Waals surface area contributed by atoms with Crippen molar-refractivity contribution in [3.8, 4) is 0 Å². The summed E-state index contributed by atoms with van der Waals surface area (Å²) in [7, 11) is 0. The van der Waals surface area contributed by atoms with Gasteiger partial charge in [-0.05, 0) is 31.9 Å². The van der Waals surface area contributed by atoms with E-state index in [4.69, 9.17) is 4.98 Å². The van der Waals surface area contributed by atoms with Crippen LogP contribution in [0.2, 0.25) is 0 Å². The summed E-state index contributed by atoms with van der Waals surface area (Å²) in [5.74, 6) is 0.0948. The monoisotopic (exact) mass is 482 g/mol. The highest BCUT2D eigenvalue weighted by Gasteiger charge is 2.27. The van der Waals surface area contributed by atoms with E-state index in [2.05, 4.69) is 35.7 Å². The van der Waals surface area contributed by atoms with Crippen molar-refractivity contribution in [3.63, 3.8) is 0 Å². The van der Waals surface area contributed by atoms with Gasteiger partial charge < -0.3 is 4.90 Å². The van der Waals surface area contributed by atoms with Gasteiger partial charge in [0.1, 0.15) is 4.83 Å². The number of nitrogens with zero attached hydrogens (tertiary/aromatic N) is 4. The van der Waals surface area contributed by atoms with Crippen molar-refractivity contribution < 1.29 is 4.79 Å². The Balaban J connectivity index is 1.45. The number of aryl methyl sites for hydroxylation is 2. The lowest BCUT2D eigenvalue weighted by Gasteiger charge is -2.35. The quantitative estimate of drug-likeness (QED) is 0.288. The standard InChI is InChI=1S/C25H30N4O2S2/c1-5-11-29-24(31)21-17(2)18(3)32-22(21)26-25(29)33-19(4)23(30)28-14-12-27(13-15-28)16-20-9-7-6-8-10-20/h5-10,19H,1,11-16H2,2-4H3. The molecule has 1 aromatic carbocycles. The van der Waals surface area contributed by atoms with Gasteiger partial charge in [0, 0.05) is 44.1 Å². The van der Waals surface area contributed by atoms with Gasteiger partial charge in [0.25, 0.3) is 5.56 Å². The molecule has 0 aliphatic carbocycles. The summed E-state index contributed by atoms with van der Waals surface area (Å²) in [6, 6.07) is 10.4. The third-order valence-electron chi connectivity index (χ3n) is 6.13. The third kappa shape index (κ3) is 5.08. The molecule has 1 aliphatic rings. The molecule has 0 spiro atoms. The normalized spacial score (nSPS) is 15.7. The molecule has 0 N–H and O–H groups in total. The number of aromatic nitrogens is 2. The molecule has 3 aromatic rings. The number of carbonyl (C=O) groups is 1. The number of hydrogen-bond donors (Lipinski definition) is 0. The van der Waals surface area contributed by atoms with Crippen molar-refractivity contribution in [2.45, 2.75) is 44.3 Å². The van der Waals surface area contributed by atoms with Crippen molar-refractivity contribution >= 4 is 39.2 Å². The van der Waals surface area contributed by atoms with Crippen molar-refractivity contribution in [1.29, 1.82) is 0 Å². The van der Waals surface area contributed by atoms with E-state index in [1.54, 1.807) is 10.6 Å². The van der Waals surface area contributed by atoms with Gasteiger partial charge in [-0.25, -0.2) is 4.98 Å². The summed E-state index contributed by atoms with van der Waals surface area (Å²) in [4.78, 5) is 37.3. The zero-order valence-electron chi connectivity index (χ0n) is 19.4. The first-order valence-corrected chi connectivity index (χ1v) is 12.9. The fourth-order valence-electron chi connectivity index (χ4n) is 4.12. The van der Waals surface area contributed by atoms with Gasteiger partial charge in [-0.3, -0.25) is 19.1 Å². The highest BCUT2D eigenvalue weighted by Crippen LogP contribution is 2.30. The van der Waals surface area contributed by atoms with E-state index in [0.717, 1.165) is 34.9 Å². The number of carbonyl (C=O) groups excluding carboxylic acids is 1. The van der Waals surface area contributed by atoms with E-state index in [0.29, 0.717) is 30.2 Å². The lowest BCUT2D eigenvalue weighted by atomic mass is 10.2. The van der Waals surface area contributed by atoms with Gasteiger partial charge in [-0.1, -0.05) is 48.2 Å². The minimum absolute atomic E-state index is 0.0570. The Morgan fingerprint density at radius 1 is 1.21 bits per heavy atom. The fraction of sp³-hybridized carbons (Fsp3) is 0.400. The van der Waals surface area contributed by atoms with Gasteiger partial charge in [0.15, 0.2) is 5.16 Å². The Labute approximate surface area is 202 Å². The molecule has 8 heteroatoms. The average molecular weight is 483 g/mol. The van der Waals surface area contributed by atoms with Crippen LogP contribution in [-0.2, 0) is 17.9 Å². The first-order valence-electron chi connectivity index (χ1n) is 11.2. The lowest BCUT2D eigenvalue weighted by molar-refractivity contribution is -0.132. The van der Waals surface area contributed by atoms with E-state index < -0.39 is 0 Å². The SMILES string of the molecule is C=CCn1c(SC(C)C(=O)N2CCN(Cc3ccccc3)CC2)nc2sc(C)c(C)c2c1=O. The second kappa shape index (κ2) is 10.2. The number of fused-ring (bicyclic) bond motifs is 1. The zero-order chi connectivity index (χ0) is 23.5. The number of thioether (sulfide) groups is 1. The number of thiophene rings is 1. The van der Waals surface area contributed by atoms with Crippen LogP contribution in [0.3, 0.4) is 0 Å². The van der Waals surface area contributed by atoms with Crippen LogP contribution in [0.5, 0.6) is 0 Å². The van der Waals surface area contributed by atoms with E-state index in [1.807, 2.05) is 31.7 Å². The fourth-order valence-corrected chi connectivity index (χ4v) is 6.19. The molecule has 174 valence electrons. The largest absolute Gasteiger partial charge is 0.339 e. The van der Waals surface area contributed by atoms with E-state index in [1.165, 1.54) is 28.7 Å². The molecule has 3 heterocycles. The molecule has 1 unspecified atom stereocenters. The van der Waals surface area contributed by atoms with Crippen molar-refractivity contribution in [2.24, 2.45) is 0 Å². The maximum Gasteiger partial charge on any atom is 0.263 e. The maximum absolute atomic E-state index is 13.2. The minimum Gasteiger partial charge on any atom is -0.339 e. The summed E-state index contributed by atoms with van der Waals surface area (Å²) in [5, 5.41) is 0.933. The molecule has 1 aliphatic heterocycles. The number of amides is 1. The van der Waals surface area contributed by atoms with Crippen LogP contribution in [0.4, 0.5) is 0 Å². The molecular formula is C25H30N4O2S2. The second-order valence-corrected chi connectivity index (χ2v) is 10.9. The van der Waals surface area contributed by atoms with Gasteiger partial charge in [0.2, 0.25) is 5.91 Å². The van der Waals surface area contributed by atoms with Gasteiger partial charge in [-0.15, -0.1) is 17.9 Å². The Morgan fingerprint density at radius 3 is 2.58 bits per heavy atom. The van der Waals surface area contributed by atoms with Crippen LogP contribution in [0.15, 0.2) is 52.9 Å². The van der Waals surface area contributed by atoms with Gasteiger partial charge >= 0.3 is 0 Å². The molecule has 0 saturated carbocycles. The lowest BCUT2D eigenvalue weighted by Crippen LogP contribution is -2.50. The molecular weight excluding hydrogens is 452 g/mol. The van der Waals surface area contributed by atoms with Crippen LogP contribution >= 0.6 is 23.1 Å². The average Bonchev–Trinajstić information content (AvgIpc) is 3.10. The van der Waals surface area contributed by atoms with Crippen molar-refractivity contribution in [1.82, 2.24) is 19.4 Å². The predicted molar refractivity (Wildman–Crippen MR) is 137 cm³/mol. The summed E-state index contributed by atoms with van der Waals surface area (Å²) >= 11 is 2.90. The summed E-state index contributed by atoms with van der Waals surface area (Å²) < 4.78 is 1.64. The molecule has 1 amide bonds. The molecule has 2 aromatic heterocycles. The van der Waals surface area contributed by atoms with Crippen LogP contribution in [-0.4, -0.2) is 56.7 Å². The Hall–Kier alpha value is -2.42. The van der Waals surface area contributed by atoms with Crippen LogP contribution in [0.1, 0.15) is 22.9 Å². The van der Waals surface area contributed by atoms with Gasteiger partial charge in [-0.2, -0.15) is 0 Å². The van der Waals surface area contributed by atoms with Crippen LogP contribution < -0.4 is 5.56 Å². The summed E-state index contributed by atoms with van der Waals surface area (Å²) in [5.41, 5.74) is 2.22. The van der Waals surface area contributed by atoms with E-state index >= 15 is 0 Å². The van der Waals surface area contributed by atoms with Crippen LogP contribution in [0.25, 0.3) is 10.2 Å². The number of rotatable bonds is 7. The number of piperazine rings is 1. The summed E-state index contributed by atoms with van der Waals surface area (Å²) in [6.45, 7) is 14.1.